The summed E-state index contributed by atoms with van der Waals surface area (Å²) in [4.78, 5) is 0. The number of alkyl halides is 1. The molecule has 0 bridgehead atoms. The summed E-state index contributed by atoms with van der Waals surface area (Å²) in [5, 5.41) is 0.208. The van der Waals surface area contributed by atoms with Crippen molar-refractivity contribution in [2.24, 2.45) is 0 Å². The van der Waals surface area contributed by atoms with Gasteiger partial charge in [0.05, 0.1) is 19.6 Å². The third-order valence-electron chi connectivity index (χ3n) is 2.89. The second-order valence-corrected chi connectivity index (χ2v) is 4.84. The lowest BCUT2D eigenvalue weighted by atomic mass is 10.0. The average molecular weight is 297 g/mol. The van der Waals surface area contributed by atoms with Crippen LogP contribution in [0.3, 0.4) is 0 Å². The van der Waals surface area contributed by atoms with Crippen LogP contribution in [0.5, 0.6) is 11.5 Å². The van der Waals surface area contributed by atoms with Gasteiger partial charge in [0.25, 0.3) is 0 Å². The molecule has 0 saturated carbocycles. The first kappa shape index (κ1) is 14.0. The molecular formula is C15H14Cl2O2. The number of methoxy groups -OCH3 is 2. The minimum absolute atomic E-state index is 0.366. The summed E-state index contributed by atoms with van der Waals surface area (Å²) in [6.07, 6.45) is 0. The van der Waals surface area contributed by atoms with Gasteiger partial charge in [0.1, 0.15) is 11.5 Å². The Morgan fingerprint density at radius 1 is 0.947 bits per heavy atom. The Labute approximate surface area is 122 Å². The highest BCUT2D eigenvalue weighted by atomic mass is 35.5. The number of halogens is 2. The molecule has 2 nitrogen and oxygen atoms in total. The van der Waals surface area contributed by atoms with Crippen LogP contribution in [0, 0.1) is 0 Å². The quantitative estimate of drug-likeness (QED) is 0.762. The van der Waals surface area contributed by atoms with Crippen molar-refractivity contribution < 1.29 is 9.47 Å². The van der Waals surface area contributed by atoms with Gasteiger partial charge in [-0.05, 0) is 23.8 Å². The Bertz CT molecular complexity index is 570. The maximum atomic E-state index is 6.51. The maximum Gasteiger partial charge on any atom is 0.123 e. The molecule has 0 N–H and O–H groups in total. The highest BCUT2D eigenvalue weighted by molar-refractivity contribution is 6.33. The Hall–Kier alpha value is -1.38. The molecule has 0 aliphatic carbocycles. The van der Waals surface area contributed by atoms with Crippen LogP contribution >= 0.6 is 23.2 Å². The van der Waals surface area contributed by atoms with E-state index in [1.807, 2.05) is 36.4 Å². The molecule has 0 fully saturated rings. The topological polar surface area (TPSA) is 18.5 Å². The second kappa shape index (κ2) is 6.18. The summed E-state index contributed by atoms with van der Waals surface area (Å²) < 4.78 is 10.4. The van der Waals surface area contributed by atoms with Gasteiger partial charge in [0.15, 0.2) is 0 Å². The third-order valence-corrected chi connectivity index (χ3v) is 3.69. The van der Waals surface area contributed by atoms with Crippen LogP contribution in [0.1, 0.15) is 16.5 Å². The zero-order chi connectivity index (χ0) is 13.8. The summed E-state index contributed by atoms with van der Waals surface area (Å²) in [6, 6.07) is 13.1. The fourth-order valence-corrected chi connectivity index (χ4v) is 2.59. The van der Waals surface area contributed by atoms with Gasteiger partial charge in [-0.25, -0.2) is 0 Å². The molecule has 0 aliphatic heterocycles. The normalized spacial score (nSPS) is 12.0. The number of hydrogen-bond acceptors (Lipinski definition) is 2. The van der Waals surface area contributed by atoms with E-state index in [2.05, 4.69) is 0 Å². The lowest BCUT2D eigenvalue weighted by Gasteiger charge is -2.16. The lowest BCUT2D eigenvalue weighted by molar-refractivity contribution is 0.410. The van der Waals surface area contributed by atoms with Gasteiger partial charge in [-0.1, -0.05) is 35.9 Å². The van der Waals surface area contributed by atoms with E-state index in [9.17, 15) is 0 Å². The average Bonchev–Trinajstić information content (AvgIpc) is 2.46. The first-order valence-electron chi connectivity index (χ1n) is 5.77. The van der Waals surface area contributed by atoms with Crippen LogP contribution < -0.4 is 9.47 Å². The molecule has 0 radical (unpaired) electrons. The van der Waals surface area contributed by atoms with Gasteiger partial charge in [-0.3, -0.25) is 0 Å². The zero-order valence-corrected chi connectivity index (χ0v) is 12.2. The van der Waals surface area contributed by atoms with Crippen molar-refractivity contribution in [3.05, 3.63) is 58.6 Å². The molecule has 0 amide bonds. The van der Waals surface area contributed by atoms with Gasteiger partial charge in [-0.15, -0.1) is 11.6 Å². The van der Waals surface area contributed by atoms with E-state index in [1.54, 1.807) is 20.3 Å². The molecule has 19 heavy (non-hydrogen) atoms. The number of hydrogen-bond donors (Lipinski definition) is 0. The van der Waals surface area contributed by atoms with Crippen molar-refractivity contribution in [3.63, 3.8) is 0 Å². The minimum atomic E-state index is -0.366. The SMILES string of the molecule is COc1ccc(C(Cl)c2ccccc2OC)c(Cl)c1. The van der Waals surface area contributed by atoms with Crippen LogP contribution in [0.2, 0.25) is 5.02 Å². The molecule has 4 heteroatoms. The Balaban J connectivity index is 2.41. The standard InChI is InChI=1S/C15H14Cl2O2/c1-18-10-7-8-11(13(16)9-10)15(17)12-5-3-4-6-14(12)19-2/h3-9,15H,1-2H3. The summed E-state index contributed by atoms with van der Waals surface area (Å²) in [7, 11) is 3.22. The maximum absolute atomic E-state index is 6.51. The summed E-state index contributed by atoms with van der Waals surface area (Å²) in [5.41, 5.74) is 1.72. The number of ether oxygens (including phenoxy) is 2. The Morgan fingerprint density at radius 2 is 1.68 bits per heavy atom. The van der Waals surface area contributed by atoms with E-state index in [4.69, 9.17) is 32.7 Å². The molecule has 0 heterocycles. The molecule has 2 rings (SSSR count). The largest absolute Gasteiger partial charge is 0.497 e. The van der Waals surface area contributed by atoms with E-state index in [0.29, 0.717) is 10.8 Å². The van der Waals surface area contributed by atoms with E-state index in [1.165, 1.54) is 0 Å². The Kier molecular flexibility index (Phi) is 4.56. The van der Waals surface area contributed by atoms with Crippen molar-refractivity contribution in [2.75, 3.05) is 14.2 Å². The fourth-order valence-electron chi connectivity index (χ4n) is 1.88. The Morgan fingerprint density at radius 3 is 2.32 bits per heavy atom. The molecule has 0 spiro atoms. The van der Waals surface area contributed by atoms with E-state index in [0.717, 1.165) is 16.9 Å². The predicted molar refractivity (Wildman–Crippen MR) is 78.7 cm³/mol. The highest BCUT2D eigenvalue weighted by Gasteiger charge is 2.18. The third kappa shape index (κ3) is 2.96. The van der Waals surface area contributed by atoms with E-state index in [-0.39, 0.29) is 5.38 Å². The molecule has 0 saturated heterocycles. The minimum Gasteiger partial charge on any atom is -0.497 e. The van der Waals surface area contributed by atoms with Crippen molar-refractivity contribution in [3.8, 4) is 11.5 Å². The summed E-state index contributed by atoms with van der Waals surface area (Å²) >= 11 is 12.8. The number of rotatable bonds is 4. The number of benzene rings is 2. The van der Waals surface area contributed by atoms with Crippen molar-refractivity contribution >= 4 is 23.2 Å². The van der Waals surface area contributed by atoms with Crippen LogP contribution in [0.4, 0.5) is 0 Å². The van der Waals surface area contributed by atoms with Gasteiger partial charge in [0, 0.05) is 10.6 Å². The summed E-state index contributed by atoms with van der Waals surface area (Å²) in [6.45, 7) is 0. The van der Waals surface area contributed by atoms with Crippen molar-refractivity contribution in [1.29, 1.82) is 0 Å². The van der Waals surface area contributed by atoms with Crippen LogP contribution in [0.25, 0.3) is 0 Å². The highest BCUT2D eigenvalue weighted by Crippen LogP contribution is 2.39. The van der Waals surface area contributed by atoms with Crippen LogP contribution in [-0.2, 0) is 0 Å². The molecule has 0 aliphatic rings. The first-order chi connectivity index (χ1) is 9.17. The van der Waals surface area contributed by atoms with E-state index >= 15 is 0 Å². The monoisotopic (exact) mass is 296 g/mol. The second-order valence-electron chi connectivity index (χ2n) is 3.99. The van der Waals surface area contributed by atoms with Crippen molar-refractivity contribution in [2.45, 2.75) is 5.38 Å². The molecule has 2 aromatic carbocycles. The predicted octanol–water partition coefficient (Wildman–Crippen LogP) is 4.69. The van der Waals surface area contributed by atoms with E-state index < -0.39 is 0 Å². The first-order valence-corrected chi connectivity index (χ1v) is 6.59. The molecule has 0 aromatic heterocycles. The van der Waals surface area contributed by atoms with Gasteiger partial charge in [-0.2, -0.15) is 0 Å². The molecule has 1 unspecified atom stereocenters. The van der Waals surface area contributed by atoms with Crippen LogP contribution in [0.15, 0.2) is 42.5 Å². The molecule has 2 aromatic rings. The fraction of sp³-hybridized carbons (Fsp3) is 0.200. The molecular weight excluding hydrogens is 283 g/mol. The van der Waals surface area contributed by atoms with Crippen molar-refractivity contribution in [1.82, 2.24) is 0 Å². The smallest absolute Gasteiger partial charge is 0.123 e. The number of para-hydroxylation sites is 1. The van der Waals surface area contributed by atoms with Gasteiger partial charge >= 0.3 is 0 Å². The molecule has 1 atom stereocenters. The lowest BCUT2D eigenvalue weighted by Crippen LogP contribution is -1.98. The zero-order valence-electron chi connectivity index (χ0n) is 10.7. The van der Waals surface area contributed by atoms with Gasteiger partial charge in [0.2, 0.25) is 0 Å². The van der Waals surface area contributed by atoms with Gasteiger partial charge < -0.3 is 9.47 Å². The molecule has 100 valence electrons. The van der Waals surface area contributed by atoms with Crippen LogP contribution in [-0.4, -0.2) is 14.2 Å². The summed E-state index contributed by atoms with van der Waals surface area (Å²) in [5.74, 6) is 1.45.